The Bertz CT molecular complexity index is 1630. The van der Waals surface area contributed by atoms with E-state index in [2.05, 4.69) is 10.3 Å². The fraction of sp³-hybridized carbons (Fsp3) is 0.125. The van der Waals surface area contributed by atoms with Crippen LogP contribution in [0.3, 0.4) is 0 Å². The summed E-state index contributed by atoms with van der Waals surface area (Å²) in [6.45, 7) is 1.58. The molecule has 0 saturated heterocycles. The Balaban J connectivity index is 1.58. The number of carbonyl (C=O) groups excluding carboxylic acids is 1. The van der Waals surface area contributed by atoms with Gasteiger partial charge in [-0.2, -0.15) is 4.31 Å². The van der Waals surface area contributed by atoms with Gasteiger partial charge in [0.25, 0.3) is 0 Å². The van der Waals surface area contributed by atoms with Gasteiger partial charge in [0.1, 0.15) is 10.7 Å². The van der Waals surface area contributed by atoms with Gasteiger partial charge in [-0.05, 0) is 31.2 Å². The maximum atomic E-state index is 13.0. The van der Waals surface area contributed by atoms with Crippen LogP contribution in [0, 0.1) is 6.92 Å². The first-order valence-electron chi connectivity index (χ1n) is 10.3. The average Bonchev–Trinajstić information content (AvgIpc) is 3.14. The molecule has 1 N–H and O–H groups in total. The number of sulfonamides is 1. The molecular weight excluding hydrogens is 438 g/mol. The summed E-state index contributed by atoms with van der Waals surface area (Å²) in [6.07, 6.45) is 2.76. The number of likely N-dealkylation sites (N-methyl/N-ethyl adjacent to an activating group) is 1. The van der Waals surface area contributed by atoms with Crippen LogP contribution in [0.2, 0.25) is 0 Å². The minimum absolute atomic E-state index is 0.0350. The maximum absolute atomic E-state index is 13.0. The molecule has 0 spiro atoms. The summed E-state index contributed by atoms with van der Waals surface area (Å²) in [5.74, 6) is 0.346. The van der Waals surface area contributed by atoms with Crippen molar-refractivity contribution in [2.45, 2.75) is 11.8 Å². The molecule has 0 aliphatic rings. The van der Waals surface area contributed by atoms with Crippen LogP contribution in [-0.4, -0.2) is 46.6 Å². The summed E-state index contributed by atoms with van der Waals surface area (Å²) in [4.78, 5) is 21.7. The molecule has 0 aliphatic heterocycles. The Morgan fingerprint density at radius 1 is 1.03 bits per heavy atom. The highest BCUT2D eigenvalue weighted by Gasteiger charge is 2.24. The van der Waals surface area contributed by atoms with E-state index >= 15 is 0 Å². The number of pyridine rings is 1. The molecule has 9 heteroatoms. The minimum atomic E-state index is -3.84. The predicted octanol–water partition coefficient (Wildman–Crippen LogP) is 3.60. The van der Waals surface area contributed by atoms with Gasteiger partial charge in [0.15, 0.2) is 0 Å². The third-order valence-electron chi connectivity index (χ3n) is 5.61. The first-order valence-corrected chi connectivity index (χ1v) is 11.8. The lowest BCUT2D eigenvalue weighted by atomic mass is 10.1. The first-order chi connectivity index (χ1) is 15.9. The number of nitrogens with one attached hydrogen (secondary N) is 1. The Hall–Kier alpha value is -3.82. The van der Waals surface area contributed by atoms with Crippen LogP contribution >= 0.6 is 0 Å². The predicted molar refractivity (Wildman–Crippen MR) is 128 cm³/mol. The van der Waals surface area contributed by atoms with Gasteiger partial charge >= 0.3 is 0 Å². The number of hydrogen-bond acceptors (Lipinski definition) is 5. The van der Waals surface area contributed by atoms with Crippen molar-refractivity contribution in [2.24, 2.45) is 0 Å². The molecule has 0 bridgehead atoms. The fourth-order valence-corrected chi connectivity index (χ4v) is 5.19. The largest absolute Gasteiger partial charge is 0.323 e. The van der Waals surface area contributed by atoms with Crippen molar-refractivity contribution in [3.8, 4) is 0 Å². The molecule has 3 aromatic heterocycles. The van der Waals surface area contributed by atoms with Crippen LogP contribution in [0.15, 0.2) is 78.0 Å². The third kappa shape index (κ3) is 3.51. The van der Waals surface area contributed by atoms with E-state index < -0.39 is 15.9 Å². The number of para-hydroxylation sites is 2. The number of fused-ring (bicyclic) bond motifs is 5. The summed E-state index contributed by atoms with van der Waals surface area (Å²) in [5, 5.41) is 4.72. The van der Waals surface area contributed by atoms with Gasteiger partial charge in [-0.25, -0.2) is 13.4 Å². The minimum Gasteiger partial charge on any atom is -0.323 e. The van der Waals surface area contributed by atoms with Gasteiger partial charge in [0.2, 0.25) is 15.9 Å². The Labute approximate surface area is 190 Å². The molecule has 0 atom stereocenters. The van der Waals surface area contributed by atoms with Crippen molar-refractivity contribution >= 4 is 48.9 Å². The van der Waals surface area contributed by atoms with E-state index in [0.717, 1.165) is 37.5 Å². The van der Waals surface area contributed by atoms with Crippen molar-refractivity contribution in [1.82, 2.24) is 18.7 Å². The molecule has 3 heterocycles. The molecule has 0 saturated carbocycles. The van der Waals surface area contributed by atoms with Gasteiger partial charge in [-0.15, -0.1) is 0 Å². The quantitative estimate of drug-likeness (QED) is 0.433. The van der Waals surface area contributed by atoms with E-state index in [1.165, 1.54) is 25.5 Å². The number of aryl methyl sites for hydroxylation is 1. The van der Waals surface area contributed by atoms with Gasteiger partial charge in [-0.3, -0.25) is 14.2 Å². The lowest BCUT2D eigenvalue weighted by molar-refractivity contribution is -0.116. The summed E-state index contributed by atoms with van der Waals surface area (Å²) in [6, 6.07) is 18.5. The zero-order valence-electron chi connectivity index (χ0n) is 18.1. The third-order valence-corrected chi connectivity index (χ3v) is 7.40. The normalized spacial score (nSPS) is 12.1. The van der Waals surface area contributed by atoms with Crippen LogP contribution in [0.4, 0.5) is 5.69 Å². The van der Waals surface area contributed by atoms with Gasteiger partial charge in [0, 0.05) is 30.2 Å². The number of hydrogen-bond donors (Lipinski definition) is 1. The lowest BCUT2D eigenvalue weighted by Gasteiger charge is -2.17. The maximum Gasteiger partial charge on any atom is 0.244 e. The second kappa shape index (κ2) is 7.95. The van der Waals surface area contributed by atoms with Crippen LogP contribution in [0.5, 0.6) is 0 Å². The van der Waals surface area contributed by atoms with Crippen molar-refractivity contribution in [3.05, 3.63) is 78.9 Å². The Morgan fingerprint density at radius 2 is 1.76 bits per heavy atom. The topological polar surface area (TPSA) is 96.7 Å². The second-order valence-electron chi connectivity index (χ2n) is 7.75. The van der Waals surface area contributed by atoms with Crippen molar-refractivity contribution in [2.75, 3.05) is 18.9 Å². The van der Waals surface area contributed by atoms with Gasteiger partial charge in [-0.1, -0.05) is 36.4 Å². The monoisotopic (exact) mass is 459 g/mol. The number of rotatable bonds is 5. The molecule has 5 rings (SSSR count). The SMILES string of the molecule is Cc1nc2ccccc2c2c(NC(=O)CN(C)S(=O)(=O)c3cccnc3)c3ccccc3n12. The molecule has 166 valence electrons. The molecule has 8 nitrogen and oxygen atoms in total. The van der Waals surface area contributed by atoms with E-state index in [-0.39, 0.29) is 11.4 Å². The summed E-state index contributed by atoms with van der Waals surface area (Å²) in [7, 11) is -2.47. The van der Waals surface area contributed by atoms with Crippen molar-refractivity contribution in [3.63, 3.8) is 0 Å². The Kier molecular flexibility index (Phi) is 5.07. The van der Waals surface area contributed by atoms with E-state index in [9.17, 15) is 13.2 Å². The number of nitrogens with zero attached hydrogens (tertiary/aromatic N) is 4. The van der Waals surface area contributed by atoms with Crippen molar-refractivity contribution < 1.29 is 13.2 Å². The molecule has 33 heavy (non-hydrogen) atoms. The van der Waals surface area contributed by atoms with E-state index in [4.69, 9.17) is 4.98 Å². The summed E-state index contributed by atoms with van der Waals surface area (Å²) >= 11 is 0. The Morgan fingerprint density at radius 3 is 2.52 bits per heavy atom. The summed E-state index contributed by atoms with van der Waals surface area (Å²) in [5.41, 5.74) is 3.18. The van der Waals surface area contributed by atoms with Gasteiger partial charge in [0.05, 0.1) is 28.8 Å². The van der Waals surface area contributed by atoms with Crippen LogP contribution in [0.1, 0.15) is 5.82 Å². The number of anilines is 1. The number of carbonyl (C=O) groups is 1. The van der Waals surface area contributed by atoms with Crippen molar-refractivity contribution in [1.29, 1.82) is 0 Å². The molecule has 0 aliphatic carbocycles. The highest BCUT2D eigenvalue weighted by atomic mass is 32.2. The molecule has 0 unspecified atom stereocenters. The van der Waals surface area contributed by atoms with Crippen LogP contribution < -0.4 is 5.32 Å². The second-order valence-corrected chi connectivity index (χ2v) is 9.80. The molecule has 0 radical (unpaired) electrons. The van der Waals surface area contributed by atoms with E-state index in [1.54, 1.807) is 6.07 Å². The first kappa shape index (κ1) is 21.0. The highest BCUT2D eigenvalue weighted by Crippen LogP contribution is 2.36. The number of aromatic nitrogens is 3. The summed E-state index contributed by atoms with van der Waals surface area (Å²) < 4.78 is 28.7. The number of amides is 1. The zero-order valence-corrected chi connectivity index (χ0v) is 18.9. The lowest BCUT2D eigenvalue weighted by Crippen LogP contribution is -2.35. The van der Waals surface area contributed by atoms with E-state index in [1.807, 2.05) is 59.9 Å². The van der Waals surface area contributed by atoms with Crippen LogP contribution in [0.25, 0.3) is 27.3 Å². The average molecular weight is 460 g/mol. The van der Waals surface area contributed by atoms with Gasteiger partial charge < -0.3 is 5.32 Å². The smallest absolute Gasteiger partial charge is 0.244 e. The standard InChI is InChI=1S/C24H21N5O3S/c1-16-26-20-11-5-3-9-18(20)24-23(19-10-4-6-12-21(19)29(16)24)27-22(30)15-28(2)33(31,32)17-8-7-13-25-14-17/h3-14H,15H2,1-2H3,(H,27,30). The van der Waals surface area contributed by atoms with E-state index in [0.29, 0.717) is 5.69 Å². The number of benzene rings is 2. The molecule has 5 aromatic rings. The highest BCUT2D eigenvalue weighted by molar-refractivity contribution is 7.89. The van der Waals surface area contributed by atoms with Crippen LogP contribution in [-0.2, 0) is 14.8 Å². The molecule has 2 aromatic carbocycles. The molecular formula is C24H21N5O3S. The fourth-order valence-electron chi connectivity index (χ4n) is 4.10. The molecule has 0 fully saturated rings. The zero-order chi connectivity index (χ0) is 23.2. The molecule has 1 amide bonds.